The standard InChI is InChI=1S/C22H23F3N4O2/c23-22(24,25)17-5-6-20-27-19(13-29(20)12-17)21(31)26-18(14-30)8-10-28-9-7-15-3-1-2-4-16(15)11-28/h1-6,12-13,18,30H,7-11,14H2,(H,26,31). The van der Waals surface area contributed by atoms with Crippen LogP contribution in [0.3, 0.4) is 0 Å². The maximum absolute atomic E-state index is 12.9. The van der Waals surface area contributed by atoms with Gasteiger partial charge < -0.3 is 14.8 Å². The van der Waals surface area contributed by atoms with Crippen molar-refractivity contribution >= 4 is 11.6 Å². The summed E-state index contributed by atoms with van der Waals surface area (Å²) in [7, 11) is 0. The topological polar surface area (TPSA) is 69.9 Å². The quantitative estimate of drug-likeness (QED) is 0.629. The van der Waals surface area contributed by atoms with Crippen molar-refractivity contribution in [2.24, 2.45) is 0 Å². The van der Waals surface area contributed by atoms with E-state index >= 15 is 0 Å². The molecule has 2 N–H and O–H groups in total. The number of fused-ring (bicyclic) bond motifs is 2. The van der Waals surface area contributed by atoms with Crippen LogP contribution < -0.4 is 5.32 Å². The van der Waals surface area contributed by atoms with Crippen molar-refractivity contribution in [2.45, 2.75) is 31.6 Å². The van der Waals surface area contributed by atoms with Gasteiger partial charge in [0.05, 0.1) is 18.2 Å². The Morgan fingerprint density at radius 3 is 2.68 bits per heavy atom. The molecule has 164 valence electrons. The summed E-state index contributed by atoms with van der Waals surface area (Å²) in [4.78, 5) is 18.9. The Morgan fingerprint density at radius 1 is 1.16 bits per heavy atom. The SMILES string of the molecule is O=C(NC(CO)CCN1CCc2ccccc2C1)c1cn2cc(C(F)(F)F)ccc2n1. The normalized spacial score (nSPS) is 15.6. The fraction of sp³-hybridized carbons (Fsp3) is 0.364. The molecule has 3 heterocycles. The minimum Gasteiger partial charge on any atom is -0.394 e. The smallest absolute Gasteiger partial charge is 0.394 e. The summed E-state index contributed by atoms with van der Waals surface area (Å²) in [5.74, 6) is -0.528. The number of nitrogens with one attached hydrogen (secondary N) is 1. The van der Waals surface area contributed by atoms with E-state index in [0.717, 1.165) is 31.8 Å². The number of alkyl halides is 3. The van der Waals surface area contributed by atoms with Gasteiger partial charge in [-0.2, -0.15) is 13.2 Å². The van der Waals surface area contributed by atoms with Crippen molar-refractivity contribution in [1.29, 1.82) is 0 Å². The van der Waals surface area contributed by atoms with Gasteiger partial charge in [0.1, 0.15) is 11.3 Å². The molecule has 0 fully saturated rings. The Hall–Kier alpha value is -2.91. The largest absolute Gasteiger partial charge is 0.417 e. The number of amides is 1. The molecule has 0 aliphatic carbocycles. The first kappa shape index (κ1) is 21.3. The number of aliphatic hydroxyl groups excluding tert-OH is 1. The van der Waals surface area contributed by atoms with Gasteiger partial charge in [0, 0.05) is 32.0 Å². The molecule has 9 heteroatoms. The third-order valence-electron chi connectivity index (χ3n) is 5.57. The summed E-state index contributed by atoms with van der Waals surface area (Å²) in [6, 6.07) is 9.98. The molecule has 6 nitrogen and oxygen atoms in total. The van der Waals surface area contributed by atoms with Crippen LogP contribution in [0.1, 0.15) is 33.6 Å². The van der Waals surface area contributed by atoms with E-state index in [1.807, 2.05) is 12.1 Å². The fourth-order valence-electron chi connectivity index (χ4n) is 3.82. The van der Waals surface area contributed by atoms with Gasteiger partial charge in [0.25, 0.3) is 5.91 Å². The Bertz CT molecular complexity index is 1080. The first-order valence-corrected chi connectivity index (χ1v) is 10.1. The molecule has 3 aromatic rings. The van der Waals surface area contributed by atoms with Crippen LogP contribution in [-0.2, 0) is 19.1 Å². The average molecular weight is 432 g/mol. The molecule has 1 amide bonds. The van der Waals surface area contributed by atoms with Gasteiger partial charge in [-0.1, -0.05) is 24.3 Å². The van der Waals surface area contributed by atoms with Crippen LogP contribution in [0.15, 0.2) is 48.8 Å². The van der Waals surface area contributed by atoms with Crippen molar-refractivity contribution in [2.75, 3.05) is 19.7 Å². The molecular formula is C22H23F3N4O2. The molecule has 1 atom stereocenters. The van der Waals surface area contributed by atoms with Gasteiger partial charge in [-0.15, -0.1) is 0 Å². The van der Waals surface area contributed by atoms with Gasteiger partial charge >= 0.3 is 6.18 Å². The van der Waals surface area contributed by atoms with E-state index in [4.69, 9.17) is 0 Å². The second-order valence-electron chi connectivity index (χ2n) is 7.74. The molecule has 4 rings (SSSR count). The molecule has 0 spiro atoms. The molecule has 0 saturated carbocycles. The number of carbonyl (C=O) groups excluding carboxylic acids is 1. The summed E-state index contributed by atoms with van der Waals surface area (Å²) in [6.07, 6.45) is -0.798. The zero-order valence-corrected chi connectivity index (χ0v) is 16.8. The van der Waals surface area contributed by atoms with Gasteiger partial charge in [-0.3, -0.25) is 9.69 Å². The summed E-state index contributed by atoms with van der Waals surface area (Å²) in [6.45, 7) is 2.22. The number of nitrogens with zero attached hydrogens (tertiary/aromatic N) is 3. The maximum atomic E-state index is 12.9. The number of hydrogen-bond acceptors (Lipinski definition) is 4. The highest BCUT2D eigenvalue weighted by molar-refractivity contribution is 5.93. The molecule has 0 radical (unpaired) electrons. The molecule has 1 unspecified atom stereocenters. The lowest BCUT2D eigenvalue weighted by molar-refractivity contribution is -0.137. The third-order valence-corrected chi connectivity index (χ3v) is 5.57. The minimum atomic E-state index is -4.47. The Balaban J connectivity index is 1.37. The molecule has 1 aliphatic heterocycles. The highest BCUT2D eigenvalue weighted by Crippen LogP contribution is 2.29. The van der Waals surface area contributed by atoms with Gasteiger partial charge in [-0.05, 0) is 36.1 Å². The molecule has 0 bridgehead atoms. The van der Waals surface area contributed by atoms with Gasteiger partial charge in [-0.25, -0.2) is 4.98 Å². The van der Waals surface area contributed by atoms with Crippen LogP contribution in [0.2, 0.25) is 0 Å². The Labute approximate surface area is 177 Å². The van der Waals surface area contributed by atoms with Crippen LogP contribution >= 0.6 is 0 Å². The second-order valence-corrected chi connectivity index (χ2v) is 7.74. The van der Waals surface area contributed by atoms with Crippen molar-refractivity contribution in [3.8, 4) is 0 Å². The summed E-state index contributed by atoms with van der Waals surface area (Å²) >= 11 is 0. The first-order chi connectivity index (χ1) is 14.8. The Morgan fingerprint density at radius 2 is 1.94 bits per heavy atom. The zero-order chi connectivity index (χ0) is 22.0. The minimum absolute atomic E-state index is 0.00433. The van der Waals surface area contributed by atoms with E-state index in [1.165, 1.54) is 27.8 Å². The van der Waals surface area contributed by atoms with E-state index in [9.17, 15) is 23.1 Å². The first-order valence-electron chi connectivity index (χ1n) is 10.1. The highest BCUT2D eigenvalue weighted by atomic mass is 19.4. The lowest BCUT2D eigenvalue weighted by Crippen LogP contribution is -2.41. The van der Waals surface area contributed by atoms with Crippen LogP contribution in [0, 0.1) is 0 Å². The maximum Gasteiger partial charge on any atom is 0.417 e. The van der Waals surface area contributed by atoms with Crippen LogP contribution in [-0.4, -0.2) is 51.0 Å². The predicted molar refractivity (Wildman–Crippen MR) is 109 cm³/mol. The van der Waals surface area contributed by atoms with E-state index in [-0.39, 0.29) is 17.9 Å². The number of pyridine rings is 1. The lowest BCUT2D eigenvalue weighted by Gasteiger charge is -2.29. The van der Waals surface area contributed by atoms with E-state index < -0.39 is 23.7 Å². The number of benzene rings is 1. The monoisotopic (exact) mass is 432 g/mol. The fourth-order valence-corrected chi connectivity index (χ4v) is 3.82. The molecule has 0 saturated heterocycles. The van der Waals surface area contributed by atoms with Crippen molar-refractivity contribution in [1.82, 2.24) is 19.6 Å². The van der Waals surface area contributed by atoms with E-state index in [1.54, 1.807) is 0 Å². The lowest BCUT2D eigenvalue weighted by atomic mass is 9.99. The molecular weight excluding hydrogens is 409 g/mol. The number of halogens is 3. The molecule has 2 aromatic heterocycles. The summed E-state index contributed by atoms with van der Waals surface area (Å²) in [5.41, 5.74) is 2.07. The molecule has 1 aliphatic rings. The number of aromatic nitrogens is 2. The summed E-state index contributed by atoms with van der Waals surface area (Å²) < 4.78 is 39.8. The van der Waals surface area contributed by atoms with Crippen LogP contribution in [0.4, 0.5) is 13.2 Å². The number of hydrogen-bond donors (Lipinski definition) is 2. The highest BCUT2D eigenvalue weighted by Gasteiger charge is 2.31. The summed E-state index contributed by atoms with van der Waals surface area (Å²) in [5, 5.41) is 12.4. The van der Waals surface area contributed by atoms with Gasteiger partial charge in [0.15, 0.2) is 0 Å². The zero-order valence-electron chi connectivity index (χ0n) is 16.8. The van der Waals surface area contributed by atoms with Crippen LogP contribution in [0.25, 0.3) is 5.65 Å². The van der Waals surface area contributed by atoms with Gasteiger partial charge in [0.2, 0.25) is 0 Å². The average Bonchev–Trinajstić information content (AvgIpc) is 3.19. The van der Waals surface area contributed by atoms with Crippen molar-refractivity contribution < 1.29 is 23.1 Å². The number of carbonyl (C=O) groups is 1. The molecule has 1 aromatic carbocycles. The third kappa shape index (κ3) is 4.88. The number of rotatable bonds is 6. The van der Waals surface area contributed by atoms with E-state index in [0.29, 0.717) is 13.0 Å². The Kier molecular flexibility index (Phi) is 5.97. The molecule has 31 heavy (non-hydrogen) atoms. The van der Waals surface area contributed by atoms with E-state index in [2.05, 4.69) is 27.3 Å². The van der Waals surface area contributed by atoms with Crippen molar-refractivity contribution in [3.05, 3.63) is 71.2 Å². The number of aliphatic hydroxyl groups is 1. The van der Waals surface area contributed by atoms with Crippen molar-refractivity contribution in [3.63, 3.8) is 0 Å². The van der Waals surface area contributed by atoms with Crippen LogP contribution in [0.5, 0.6) is 0 Å². The number of imidazole rings is 1. The predicted octanol–water partition coefficient (Wildman–Crippen LogP) is 2.89. The second kappa shape index (κ2) is 8.68.